The van der Waals surface area contributed by atoms with Gasteiger partial charge in [0.05, 0.1) is 0 Å². The summed E-state index contributed by atoms with van der Waals surface area (Å²) >= 11 is 0. The molecule has 0 saturated carbocycles. The van der Waals surface area contributed by atoms with Crippen LogP contribution in [0.25, 0.3) is 0 Å². The Morgan fingerprint density at radius 3 is 2.67 bits per heavy atom. The SMILES string of the molecule is Cc1ccc2c(c1)N(C(C)C)C(=O)CC2. The van der Waals surface area contributed by atoms with Gasteiger partial charge in [-0.25, -0.2) is 0 Å². The minimum Gasteiger partial charge on any atom is -0.310 e. The Labute approximate surface area is 90.9 Å². The summed E-state index contributed by atoms with van der Waals surface area (Å²) in [6.45, 7) is 6.20. The predicted octanol–water partition coefficient (Wildman–Crippen LogP) is 2.68. The van der Waals surface area contributed by atoms with Crippen LogP contribution in [-0.4, -0.2) is 11.9 Å². The van der Waals surface area contributed by atoms with Crippen molar-refractivity contribution in [3.63, 3.8) is 0 Å². The molecule has 1 aliphatic heterocycles. The fourth-order valence-electron chi connectivity index (χ4n) is 2.17. The minimum absolute atomic E-state index is 0.248. The van der Waals surface area contributed by atoms with Crippen LogP contribution >= 0.6 is 0 Å². The molecular formula is C13H17NO. The summed E-state index contributed by atoms with van der Waals surface area (Å²) in [6, 6.07) is 6.63. The number of aryl methyl sites for hydroxylation is 2. The summed E-state index contributed by atoms with van der Waals surface area (Å²) in [5.74, 6) is 0.253. The first-order valence-electron chi connectivity index (χ1n) is 5.51. The van der Waals surface area contributed by atoms with Gasteiger partial charge in [0, 0.05) is 18.2 Å². The number of fused-ring (bicyclic) bond motifs is 1. The molecule has 0 aromatic heterocycles. The molecule has 0 fully saturated rings. The van der Waals surface area contributed by atoms with Crippen molar-refractivity contribution in [2.75, 3.05) is 4.90 Å². The highest BCUT2D eigenvalue weighted by Crippen LogP contribution is 2.30. The molecule has 0 aliphatic carbocycles. The van der Waals surface area contributed by atoms with E-state index in [9.17, 15) is 4.79 Å². The van der Waals surface area contributed by atoms with Crippen LogP contribution in [-0.2, 0) is 11.2 Å². The number of amides is 1. The lowest BCUT2D eigenvalue weighted by atomic mass is 9.98. The van der Waals surface area contributed by atoms with Crippen LogP contribution in [0, 0.1) is 6.92 Å². The molecule has 0 unspecified atom stereocenters. The van der Waals surface area contributed by atoms with Crippen LogP contribution in [0.2, 0.25) is 0 Å². The smallest absolute Gasteiger partial charge is 0.227 e. The molecule has 0 N–H and O–H groups in total. The first kappa shape index (κ1) is 10.2. The van der Waals surface area contributed by atoms with Gasteiger partial charge in [-0.1, -0.05) is 12.1 Å². The van der Waals surface area contributed by atoms with Crippen molar-refractivity contribution in [1.29, 1.82) is 0 Å². The van der Waals surface area contributed by atoms with E-state index in [0.29, 0.717) is 6.42 Å². The van der Waals surface area contributed by atoms with Gasteiger partial charge in [0.15, 0.2) is 0 Å². The summed E-state index contributed by atoms with van der Waals surface area (Å²) in [5, 5.41) is 0. The van der Waals surface area contributed by atoms with Crippen LogP contribution in [0.5, 0.6) is 0 Å². The molecule has 0 saturated heterocycles. The summed E-state index contributed by atoms with van der Waals surface area (Å²) in [4.78, 5) is 13.8. The lowest BCUT2D eigenvalue weighted by molar-refractivity contribution is -0.119. The molecule has 2 heteroatoms. The molecule has 1 amide bonds. The molecule has 0 spiro atoms. The van der Waals surface area contributed by atoms with Gasteiger partial charge in [0.25, 0.3) is 0 Å². The zero-order chi connectivity index (χ0) is 11.0. The second kappa shape index (κ2) is 3.69. The third-order valence-corrected chi connectivity index (χ3v) is 2.89. The van der Waals surface area contributed by atoms with E-state index in [4.69, 9.17) is 0 Å². The number of carbonyl (C=O) groups excluding carboxylic acids is 1. The number of anilines is 1. The molecule has 80 valence electrons. The second-order valence-corrected chi connectivity index (χ2v) is 4.49. The van der Waals surface area contributed by atoms with Crippen molar-refractivity contribution >= 4 is 11.6 Å². The number of benzene rings is 1. The number of nitrogens with zero attached hydrogens (tertiary/aromatic N) is 1. The largest absolute Gasteiger partial charge is 0.310 e. The van der Waals surface area contributed by atoms with E-state index in [-0.39, 0.29) is 11.9 Å². The third kappa shape index (κ3) is 1.76. The van der Waals surface area contributed by atoms with Gasteiger partial charge in [-0.3, -0.25) is 4.79 Å². The second-order valence-electron chi connectivity index (χ2n) is 4.49. The molecule has 0 atom stereocenters. The van der Waals surface area contributed by atoms with E-state index in [1.807, 2.05) is 4.90 Å². The molecule has 0 bridgehead atoms. The average Bonchev–Trinajstić information content (AvgIpc) is 2.16. The van der Waals surface area contributed by atoms with Crippen LogP contribution in [0.4, 0.5) is 5.69 Å². The maximum Gasteiger partial charge on any atom is 0.227 e. The maximum absolute atomic E-state index is 11.8. The lowest BCUT2D eigenvalue weighted by Crippen LogP contribution is -2.40. The zero-order valence-corrected chi connectivity index (χ0v) is 9.58. The Morgan fingerprint density at radius 1 is 1.27 bits per heavy atom. The van der Waals surface area contributed by atoms with Crippen molar-refractivity contribution in [2.24, 2.45) is 0 Å². The van der Waals surface area contributed by atoms with E-state index in [2.05, 4.69) is 39.0 Å². The highest BCUT2D eigenvalue weighted by Gasteiger charge is 2.25. The Bertz CT molecular complexity index is 396. The number of rotatable bonds is 1. The molecule has 0 radical (unpaired) electrons. The fourth-order valence-corrected chi connectivity index (χ4v) is 2.17. The quantitative estimate of drug-likeness (QED) is 0.687. The monoisotopic (exact) mass is 203 g/mol. The van der Waals surface area contributed by atoms with Gasteiger partial charge in [0.2, 0.25) is 5.91 Å². The Kier molecular flexibility index (Phi) is 2.51. The predicted molar refractivity (Wildman–Crippen MR) is 62.1 cm³/mol. The van der Waals surface area contributed by atoms with Crippen LogP contribution < -0.4 is 4.90 Å². The van der Waals surface area contributed by atoms with Crippen molar-refractivity contribution in [3.05, 3.63) is 29.3 Å². The number of hydrogen-bond acceptors (Lipinski definition) is 1. The Morgan fingerprint density at radius 2 is 2.00 bits per heavy atom. The Hall–Kier alpha value is -1.31. The van der Waals surface area contributed by atoms with Gasteiger partial charge >= 0.3 is 0 Å². The normalized spacial score (nSPS) is 15.7. The van der Waals surface area contributed by atoms with Gasteiger partial charge < -0.3 is 4.90 Å². The fraction of sp³-hybridized carbons (Fsp3) is 0.462. The average molecular weight is 203 g/mol. The van der Waals surface area contributed by atoms with Crippen molar-refractivity contribution < 1.29 is 4.79 Å². The molecular weight excluding hydrogens is 186 g/mol. The molecule has 1 aliphatic rings. The zero-order valence-electron chi connectivity index (χ0n) is 9.58. The van der Waals surface area contributed by atoms with Gasteiger partial charge in [-0.05, 0) is 44.4 Å². The first-order valence-corrected chi connectivity index (χ1v) is 5.51. The Balaban J connectivity index is 2.50. The van der Waals surface area contributed by atoms with Gasteiger partial charge in [0.1, 0.15) is 0 Å². The summed E-state index contributed by atoms with van der Waals surface area (Å²) in [7, 11) is 0. The van der Waals surface area contributed by atoms with Gasteiger partial charge in [-0.2, -0.15) is 0 Å². The lowest BCUT2D eigenvalue weighted by Gasteiger charge is -2.33. The first-order chi connectivity index (χ1) is 7.09. The highest BCUT2D eigenvalue weighted by atomic mass is 16.2. The number of hydrogen-bond donors (Lipinski definition) is 0. The van der Waals surface area contributed by atoms with E-state index in [0.717, 1.165) is 12.1 Å². The minimum atomic E-state index is 0.248. The van der Waals surface area contributed by atoms with Crippen molar-refractivity contribution in [2.45, 2.75) is 39.7 Å². The molecule has 2 nitrogen and oxygen atoms in total. The molecule has 1 heterocycles. The molecule has 1 aromatic carbocycles. The van der Waals surface area contributed by atoms with E-state index >= 15 is 0 Å². The van der Waals surface area contributed by atoms with E-state index in [1.54, 1.807) is 0 Å². The van der Waals surface area contributed by atoms with Crippen molar-refractivity contribution in [3.8, 4) is 0 Å². The third-order valence-electron chi connectivity index (χ3n) is 2.89. The summed E-state index contributed by atoms with van der Waals surface area (Å²) in [6.07, 6.45) is 1.53. The molecule has 2 rings (SSSR count). The number of carbonyl (C=O) groups is 1. The molecule has 1 aromatic rings. The van der Waals surface area contributed by atoms with Crippen LogP contribution in [0.3, 0.4) is 0 Å². The van der Waals surface area contributed by atoms with Gasteiger partial charge in [-0.15, -0.1) is 0 Å². The van der Waals surface area contributed by atoms with Crippen LogP contribution in [0.15, 0.2) is 18.2 Å². The summed E-state index contributed by atoms with van der Waals surface area (Å²) in [5.41, 5.74) is 3.63. The van der Waals surface area contributed by atoms with Crippen LogP contribution in [0.1, 0.15) is 31.4 Å². The van der Waals surface area contributed by atoms with Crippen molar-refractivity contribution in [1.82, 2.24) is 0 Å². The summed E-state index contributed by atoms with van der Waals surface area (Å²) < 4.78 is 0. The van der Waals surface area contributed by atoms with E-state index in [1.165, 1.54) is 11.1 Å². The topological polar surface area (TPSA) is 20.3 Å². The maximum atomic E-state index is 11.8. The molecule has 15 heavy (non-hydrogen) atoms. The standard InChI is InChI=1S/C13H17NO/c1-9(2)14-12-8-10(3)4-5-11(12)6-7-13(14)15/h4-5,8-9H,6-7H2,1-3H3. The van der Waals surface area contributed by atoms with E-state index < -0.39 is 0 Å². The highest BCUT2D eigenvalue weighted by molar-refractivity contribution is 5.96.